The van der Waals surface area contributed by atoms with E-state index in [9.17, 15) is 4.79 Å². The first kappa shape index (κ1) is 25.6. The summed E-state index contributed by atoms with van der Waals surface area (Å²) in [7, 11) is 0. The van der Waals surface area contributed by atoms with E-state index < -0.39 is 0 Å². The predicted molar refractivity (Wildman–Crippen MR) is 121 cm³/mol. The third-order valence-corrected chi connectivity index (χ3v) is 6.02. The number of ketones is 1. The first-order valence-electron chi connectivity index (χ1n) is 12.5. The summed E-state index contributed by atoms with van der Waals surface area (Å²) in [5.41, 5.74) is 0. The van der Waals surface area contributed by atoms with Crippen molar-refractivity contribution in [3.63, 3.8) is 0 Å². The topological polar surface area (TPSA) is 29.5 Å². The van der Waals surface area contributed by atoms with Crippen LogP contribution in [0, 0.1) is 5.92 Å². The van der Waals surface area contributed by atoms with E-state index in [-0.39, 0.29) is 0 Å². The molecular weight excluding hydrogens is 346 g/mol. The van der Waals surface area contributed by atoms with E-state index in [1.165, 1.54) is 77.0 Å². The van der Waals surface area contributed by atoms with Gasteiger partial charge in [0.15, 0.2) is 0 Å². The monoisotopic (exact) mass is 395 g/mol. The first-order valence-corrected chi connectivity index (χ1v) is 12.5. The van der Waals surface area contributed by atoms with E-state index in [2.05, 4.69) is 18.7 Å². The second-order valence-corrected chi connectivity index (χ2v) is 9.27. The number of carbonyl (C=O) groups is 1. The highest BCUT2D eigenvalue weighted by molar-refractivity contribution is 5.78. The van der Waals surface area contributed by atoms with Gasteiger partial charge >= 0.3 is 0 Å². The van der Waals surface area contributed by atoms with E-state index in [0.717, 1.165) is 64.4 Å². The van der Waals surface area contributed by atoms with E-state index >= 15 is 0 Å². The van der Waals surface area contributed by atoms with E-state index in [1.54, 1.807) is 0 Å². The smallest absolute Gasteiger partial charge is 0.132 e. The van der Waals surface area contributed by atoms with Crippen molar-refractivity contribution in [3.05, 3.63) is 0 Å². The third-order valence-electron chi connectivity index (χ3n) is 6.02. The molecule has 0 bridgehead atoms. The van der Waals surface area contributed by atoms with Crippen molar-refractivity contribution in [2.75, 3.05) is 32.8 Å². The molecule has 0 radical (unpaired) electrons. The fourth-order valence-corrected chi connectivity index (χ4v) is 4.09. The maximum absolute atomic E-state index is 12.0. The minimum atomic E-state index is 0.474. The number of morpholine rings is 1. The number of Topliss-reactive ketones (excluding diaryl/α,β-unsaturated/α-hetero) is 1. The molecule has 1 rings (SSSR count). The van der Waals surface area contributed by atoms with Crippen LogP contribution in [0.4, 0.5) is 0 Å². The Hall–Kier alpha value is -0.410. The zero-order valence-corrected chi connectivity index (χ0v) is 19.2. The van der Waals surface area contributed by atoms with Crippen molar-refractivity contribution >= 4 is 5.78 Å². The maximum Gasteiger partial charge on any atom is 0.132 e. The quantitative estimate of drug-likeness (QED) is 0.226. The van der Waals surface area contributed by atoms with E-state index in [1.807, 2.05) is 0 Å². The number of hydrogen-bond acceptors (Lipinski definition) is 3. The molecule has 3 heteroatoms. The second-order valence-electron chi connectivity index (χ2n) is 9.27. The van der Waals surface area contributed by atoms with Gasteiger partial charge in [-0.2, -0.15) is 0 Å². The molecule has 1 heterocycles. The lowest BCUT2D eigenvalue weighted by Crippen LogP contribution is -2.36. The van der Waals surface area contributed by atoms with Gasteiger partial charge in [-0.3, -0.25) is 9.69 Å². The molecule has 0 N–H and O–H groups in total. The molecule has 3 nitrogen and oxygen atoms in total. The summed E-state index contributed by atoms with van der Waals surface area (Å²) >= 11 is 0. The van der Waals surface area contributed by atoms with Crippen LogP contribution in [-0.2, 0) is 9.53 Å². The lowest BCUT2D eigenvalue weighted by molar-refractivity contribution is -0.119. The average molecular weight is 396 g/mol. The van der Waals surface area contributed by atoms with Gasteiger partial charge in [-0.1, -0.05) is 90.9 Å². The predicted octanol–water partition coefficient (Wildman–Crippen LogP) is 6.79. The molecule has 1 fully saturated rings. The molecule has 0 saturated carbocycles. The van der Waals surface area contributed by atoms with Crippen molar-refractivity contribution in [2.24, 2.45) is 5.92 Å². The van der Waals surface area contributed by atoms with Gasteiger partial charge in [0, 0.05) is 25.9 Å². The van der Waals surface area contributed by atoms with Crippen molar-refractivity contribution in [2.45, 2.75) is 117 Å². The molecule has 0 aromatic carbocycles. The molecule has 1 aliphatic rings. The number of unbranched alkanes of at least 4 members (excludes halogenated alkanes) is 11. The molecule has 1 aliphatic heterocycles. The van der Waals surface area contributed by atoms with Crippen LogP contribution in [0.3, 0.4) is 0 Å². The Balaban J connectivity index is 1.73. The van der Waals surface area contributed by atoms with Crippen molar-refractivity contribution in [3.8, 4) is 0 Å². The molecule has 1 saturated heterocycles. The van der Waals surface area contributed by atoms with Gasteiger partial charge in [0.05, 0.1) is 13.2 Å². The minimum absolute atomic E-state index is 0.474. The lowest BCUT2D eigenvalue weighted by Gasteiger charge is -2.26. The molecule has 0 unspecified atom stereocenters. The van der Waals surface area contributed by atoms with Gasteiger partial charge < -0.3 is 4.74 Å². The van der Waals surface area contributed by atoms with Crippen molar-refractivity contribution < 1.29 is 9.53 Å². The Morgan fingerprint density at radius 1 is 0.714 bits per heavy atom. The summed E-state index contributed by atoms with van der Waals surface area (Å²) in [6.07, 6.45) is 20.4. The largest absolute Gasteiger partial charge is 0.379 e. The summed E-state index contributed by atoms with van der Waals surface area (Å²) in [6, 6.07) is 0. The first-order chi connectivity index (χ1) is 13.7. The number of carbonyl (C=O) groups excluding carboxylic acids is 1. The molecule has 0 atom stereocenters. The summed E-state index contributed by atoms with van der Waals surface area (Å²) in [4.78, 5) is 14.4. The van der Waals surface area contributed by atoms with Gasteiger partial charge in [0.25, 0.3) is 0 Å². The normalized spacial score (nSPS) is 15.4. The molecule has 0 aromatic rings. The average Bonchev–Trinajstić information content (AvgIpc) is 2.69. The Morgan fingerprint density at radius 2 is 1.18 bits per heavy atom. The summed E-state index contributed by atoms with van der Waals surface area (Å²) in [6.45, 7) is 9.49. The molecule has 0 amide bonds. The van der Waals surface area contributed by atoms with Crippen LogP contribution in [0.25, 0.3) is 0 Å². The molecule has 28 heavy (non-hydrogen) atoms. The van der Waals surface area contributed by atoms with Crippen molar-refractivity contribution in [1.29, 1.82) is 0 Å². The van der Waals surface area contributed by atoms with Crippen LogP contribution in [0.1, 0.15) is 117 Å². The van der Waals surface area contributed by atoms with E-state index in [0.29, 0.717) is 5.78 Å². The Labute approximate surface area is 176 Å². The molecule has 0 aliphatic carbocycles. The Morgan fingerprint density at radius 3 is 1.71 bits per heavy atom. The van der Waals surface area contributed by atoms with Crippen LogP contribution in [0.15, 0.2) is 0 Å². The number of nitrogens with zero attached hydrogens (tertiary/aromatic N) is 1. The number of hydrogen-bond donors (Lipinski definition) is 0. The fourth-order valence-electron chi connectivity index (χ4n) is 4.09. The molecule has 166 valence electrons. The van der Waals surface area contributed by atoms with Crippen LogP contribution in [0.2, 0.25) is 0 Å². The lowest BCUT2D eigenvalue weighted by atomic mass is 10.0. The fraction of sp³-hybridized carbons (Fsp3) is 0.960. The van der Waals surface area contributed by atoms with Gasteiger partial charge in [0.2, 0.25) is 0 Å². The summed E-state index contributed by atoms with van der Waals surface area (Å²) < 4.78 is 5.36. The second kappa shape index (κ2) is 18.6. The van der Waals surface area contributed by atoms with Gasteiger partial charge in [0.1, 0.15) is 5.78 Å². The highest BCUT2D eigenvalue weighted by Gasteiger charge is 2.10. The van der Waals surface area contributed by atoms with Gasteiger partial charge in [-0.25, -0.2) is 0 Å². The molecule has 0 spiro atoms. The van der Waals surface area contributed by atoms with Crippen LogP contribution < -0.4 is 0 Å². The third kappa shape index (κ3) is 16.5. The standard InChI is InChI=1S/C25H49NO2/c1-24(2)16-13-11-9-7-5-3-4-6-8-10-12-14-17-25(27)18-15-19-26-20-22-28-23-21-26/h24H,3-23H2,1-2H3. The summed E-state index contributed by atoms with van der Waals surface area (Å²) in [5.74, 6) is 1.35. The number of ether oxygens (including phenoxy) is 1. The van der Waals surface area contributed by atoms with Crippen LogP contribution in [0.5, 0.6) is 0 Å². The minimum Gasteiger partial charge on any atom is -0.379 e. The molecule has 0 aromatic heterocycles. The van der Waals surface area contributed by atoms with Crippen LogP contribution in [-0.4, -0.2) is 43.5 Å². The zero-order chi connectivity index (χ0) is 20.3. The zero-order valence-electron chi connectivity index (χ0n) is 19.2. The van der Waals surface area contributed by atoms with Crippen molar-refractivity contribution in [1.82, 2.24) is 4.90 Å². The van der Waals surface area contributed by atoms with Crippen LogP contribution >= 0.6 is 0 Å². The highest BCUT2D eigenvalue weighted by atomic mass is 16.5. The SMILES string of the molecule is CC(C)CCCCCCCCCCCCCCC(=O)CCCN1CCOCC1. The molecular formula is C25H49NO2. The van der Waals surface area contributed by atoms with Gasteiger partial charge in [-0.05, 0) is 25.3 Å². The Kier molecular flexibility index (Phi) is 17.0. The van der Waals surface area contributed by atoms with E-state index in [4.69, 9.17) is 4.74 Å². The maximum atomic E-state index is 12.0. The summed E-state index contributed by atoms with van der Waals surface area (Å²) in [5, 5.41) is 0. The highest BCUT2D eigenvalue weighted by Crippen LogP contribution is 2.14. The van der Waals surface area contributed by atoms with Gasteiger partial charge in [-0.15, -0.1) is 0 Å². The number of rotatable bonds is 19. The Bertz CT molecular complexity index is 350.